The first kappa shape index (κ1) is 14.6. The zero-order chi connectivity index (χ0) is 14.9. The molecule has 2 N–H and O–H groups in total. The molecule has 0 bridgehead atoms. The van der Waals surface area contributed by atoms with Crippen molar-refractivity contribution in [2.45, 2.75) is 39.0 Å². The largest absolute Gasteiger partial charge is 0.341 e. The summed E-state index contributed by atoms with van der Waals surface area (Å²) in [5.41, 5.74) is 0.964. The van der Waals surface area contributed by atoms with Crippen LogP contribution in [-0.4, -0.2) is 47.2 Å². The SMILES string of the molecule is CC(C)C1(C(=O)N2CCCC(c3ccn[nH]3)C2)CCNC1. The molecule has 1 amide bonds. The molecule has 0 saturated carbocycles. The average molecular weight is 290 g/mol. The van der Waals surface area contributed by atoms with Gasteiger partial charge in [0.25, 0.3) is 0 Å². The van der Waals surface area contributed by atoms with Crippen molar-refractivity contribution in [1.29, 1.82) is 0 Å². The number of carbonyl (C=O) groups is 1. The molecule has 0 aromatic carbocycles. The summed E-state index contributed by atoms with van der Waals surface area (Å²) in [4.78, 5) is 15.2. The van der Waals surface area contributed by atoms with Crippen molar-refractivity contribution in [1.82, 2.24) is 20.4 Å². The fourth-order valence-electron chi connectivity index (χ4n) is 3.86. The van der Waals surface area contributed by atoms with Crippen LogP contribution in [0.2, 0.25) is 0 Å². The van der Waals surface area contributed by atoms with Crippen molar-refractivity contribution < 1.29 is 4.79 Å². The number of aromatic amines is 1. The molecule has 5 nitrogen and oxygen atoms in total. The number of rotatable bonds is 3. The van der Waals surface area contributed by atoms with E-state index in [1.165, 1.54) is 0 Å². The highest BCUT2D eigenvalue weighted by atomic mass is 16.2. The Morgan fingerprint density at radius 1 is 1.52 bits per heavy atom. The maximum absolute atomic E-state index is 13.1. The normalized spacial score (nSPS) is 30.0. The molecule has 2 atom stereocenters. The van der Waals surface area contributed by atoms with Crippen molar-refractivity contribution in [3.05, 3.63) is 18.0 Å². The topological polar surface area (TPSA) is 61.0 Å². The van der Waals surface area contributed by atoms with Gasteiger partial charge in [0.2, 0.25) is 5.91 Å². The molecular formula is C16H26N4O. The fourth-order valence-corrected chi connectivity index (χ4v) is 3.86. The molecule has 2 saturated heterocycles. The second-order valence-corrected chi connectivity index (χ2v) is 6.84. The molecule has 5 heteroatoms. The molecule has 0 spiro atoms. The van der Waals surface area contributed by atoms with Gasteiger partial charge in [0.15, 0.2) is 0 Å². The van der Waals surface area contributed by atoms with Gasteiger partial charge >= 0.3 is 0 Å². The summed E-state index contributed by atoms with van der Waals surface area (Å²) in [7, 11) is 0. The Labute approximate surface area is 126 Å². The summed E-state index contributed by atoms with van der Waals surface area (Å²) in [5.74, 6) is 1.14. The first-order valence-corrected chi connectivity index (χ1v) is 8.13. The number of hydrogen-bond acceptors (Lipinski definition) is 3. The third-order valence-electron chi connectivity index (χ3n) is 5.39. The van der Waals surface area contributed by atoms with Crippen LogP contribution >= 0.6 is 0 Å². The first-order valence-electron chi connectivity index (χ1n) is 8.13. The van der Waals surface area contributed by atoms with Gasteiger partial charge in [-0.3, -0.25) is 9.89 Å². The van der Waals surface area contributed by atoms with Crippen molar-refractivity contribution in [2.24, 2.45) is 11.3 Å². The molecule has 3 heterocycles. The van der Waals surface area contributed by atoms with Gasteiger partial charge < -0.3 is 10.2 Å². The Bertz CT molecular complexity index is 476. The smallest absolute Gasteiger partial charge is 0.230 e. The number of amides is 1. The third kappa shape index (κ3) is 2.59. The van der Waals surface area contributed by atoms with Gasteiger partial charge in [0, 0.05) is 37.4 Å². The number of carbonyl (C=O) groups excluding carboxylic acids is 1. The van der Waals surface area contributed by atoms with Crippen LogP contribution < -0.4 is 5.32 Å². The van der Waals surface area contributed by atoms with E-state index in [0.29, 0.717) is 17.7 Å². The van der Waals surface area contributed by atoms with E-state index in [2.05, 4.69) is 34.3 Å². The average Bonchev–Trinajstić information content (AvgIpc) is 3.18. The highest BCUT2D eigenvalue weighted by Crippen LogP contribution is 2.38. The maximum Gasteiger partial charge on any atom is 0.230 e. The highest BCUT2D eigenvalue weighted by Gasteiger charge is 2.46. The standard InChI is InChI=1S/C16H26N4O/c1-12(2)16(6-8-17-11-16)15(21)20-9-3-4-13(10-20)14-5-7-18-19-14/h5,7,12-13,17H,3-4,6,8-11H2,1-2H3,(H,18,19). The number of aromatic nitrogens is 2. The van der Waals surface area contributed by atoms with Gasteiger partial charge in [-0.25, -0.2) is 0 Å². The van der Waals surface area contributed by atoms with E-state index in [4.69, 9.17) is 0 Å². The van der Waals surface area contributed by atoms with Crippen LogP contribution in [0.5, 0.6) is 0 Å². The summed E-state index contributed by atoms with van der Waals surface area (Å²) >= 11 is 0. The van der Waals surface area contributed by atoms with Crippen LogP contribution in [0.3, 0.4) is 0 Å². The minimum absolute atomic E-state index is 0.199. The number of likely N-dealkylation sites (tertiary alicyclic amines) is 1. The Hall–Kier alpha value is -1.36. The van der Waals surface area contributed by atoms with Crippen LogP contribution in [0.1, 0.15) is 44.7 Å². The van der Waals surface area contributed by atoms with Crippen molar-refractivity contribution in [2.75, 3.05) is 26.2 Å². The summed E-state index contributed by atoms with van der Waals surface area (Å²) < 4.78 is 0. The van der Waals surface area contributed by atoms with Gasteiger partial charge in [0.1, 0.15) is 0 Å². The van der Waals surface area contributed by atoms with Crippen LogP contribution in [0, 0.1) is 11.3 Å². The predicted octanol–water partition coefficient (Wildman–Crippen LogP) is 1.75. The molecule has 2 aliphatic rings. The van der Waals surface area contributed by atoms with Crippen LogP contribution in [0.4, 0.5) is 0 Å². The lowest BCUT2D eigenvalue weighted by Crippen LogP contribution is -2.51. The summed E-state index contributed by atoms with van der Waals surface area (Å²) in [6.07, 6.45) is 4.98. The number of nitrogens with zero attached hydrogens (tertiary/aromatic N) is 2. The molecule has 2 fully saturated rings. The summed E-state index contributed by atoms with van der Waals surface area (Å²) in [6, 6.07) is 2.04. The molecule has 0 radical (unpaired) electrons. The Morgan fingerprint density at radius 3 is 3.00 bits per heavy atom. The van der Waals surface area contributed by atoms with Crippen molar-refractivity contribution >= 4 is 5.91 Å². The minimum Gasteiger partial charge on any atom is -0.341 e. The molecule has 21 heavy (non-hydrogen) atoms. The third-order valence-corrected chi connectivity index (χ3v) is 5.39. The summed E-state index contributed by atoms with van der Waals surface area (Å²) in [6.45, 7) is 7.88. The van der Waals surface area contributed by atoms with Crippen molar-refractivity contribution in [3.63, 3.8) is 0 Å². The van der Waals surface area contributed by atoms with E-state index in [-0.39, 0.29) is 5.41 Å². The fraction of sp³-hybridized carbons (Fsp3) is 0.750. The van der Waals surface area contributed by atoms with E-state index < -0.39 is 0 Å². The highest BCUT2D eigenvalue weighted by molar-refractivity contribution is 5.84. The maximum atomic E-state index is 13.1. The number of H-pyrrole nitrogens is 1. The molecule has 0 aliphatic carbocycles. The van der Waals surface area contributed by atoms with Gasteiger partial charge in [-0.05, 0) is 37.8 Å². The van der Waals surface area contributed by atoms with Gasteiger partial charge in [-0.15, -0.1) is 0 Å². The molecule has 1 aromatic rings. The second-order valence-electron chi connectivity index (χ2n) is 6.84. The Kier molecular flexibility index (Phi) is 4.02. The monoisotopic (exact) mass is 290 g/mol. The predicted molar refractivity (Wildman–Crippen MR) is 81.9 cm³/mol. The van der Waals surface area contributed by atoms with Crippen LogP contribution in [0.15, 0.2) is 12.3 Å². The van der Waals surface area contributed by atoms with E-state index in [0.717, 1.165) is 51.1 Å². The molecule has 2 unspecified atom stereocenters. The van der Waals surface area contributed by atoms with Gasteiger partial charge in [-0.2, -0.15) is 5.10 Å². The Balaban J connectivity index is 1.75. The first-order chi connectivity index (χ1) is 10.1. The lowest BCUT2D eigenvalue weighted by Gasteiger charge is -2.40. The zero-order valence-corrected chi connectivity index (χ0v) is 13.1. The van der Waals surface area contributed by atoms with Gasteiger partial charge in [-0.1, -0.05) is 13.8 Å². The van der Waals surface area contributed by atoms with E-state index in [1.807, 2.05) is 6.07 Å². The van der Waals surface area contributed by atoms with Crippen molar-refractivity contribution in [3.8, 4) is 0 Å². The number of piperidine rings is 1. The second kappa shape index (κ2) is 5.79. The molecule has 116 valence electrons. The van der Waals surface area contributed by atoms with E-state index >= 15 is 0 Å². The van der Waals surface area contributed by atoms with E-state index in [1.54, 1.807) is 6.20 Å². The lowest BCUT2D eigenvalue weighted by atomic mass is 9.74. The summed E-state index contributed by atoms with van der Waals surface area (Å²) in [5, 5.41) is 10.5. The van der Waals surface area contributed by atoms with Crippen LogP contribution in [-0.2, 0) is 4.79 Å². The lowest BCUT2D eigenvalue weighted by molar-refractivity contribution is -0.145. The zero-order valence-electron chi connectivity index (χ0n) is 13.1. The molecule has 3 rings (SSSR count). The molecule has 2 aliphatic heterocycles. The van der Waals surface area contributed by atoms with Crippen LogP contribution in [0.25, 0.3) is 0 Å². The molecular weight excluding hydrogens is 264 g/mol. The quantitative estimate of drug-likeness (QED) is 0.891. The number of hydrogen-bond donors (Lipinski definition) is 2. The minimum atomic E-state index is -0.199. The van der Waals surface area contributed by atoms with E-state index in [9.17, 15) is 4.79 Å². The number of nitrogens with one attached hydrogen (secondary N) is 2. The van der Waals surface area contributed by atoms with Gasteiger partial charge in [0.05, 0.1) is 5.41 Å². The molecule has 1 aromatic heterocycles. The Morgan fingerprint density at radius 2 is 2.38 bits per heavy atom.